The van der Waals surface area contributed by atoms with Crippen LogP contribution in [0.15, 0.2) is 54.2 Å². The molecule has 6 heteroatoms. The van der Waals surface area contributed by atoms with Crippen LogP contribution < -0.4 is 14.6 Å². The molecule has 0 saturated carbocycles. The van der Waals surface area contributed by atoms with Gasteiger partial charge in [0.25, 0.3) is 5.91 Å². The molecule has 0 aliphatic heterocycles. The van der Waals surface area contributed by atoms with Gasteiger partial charge < -0.3 is 10.1 Å². The van der Waals surface area contributed by atoms with Crippen molar-refractivity contribution in [2.24, 2.45) is 0 Å². The van der Waals surface area contributed by atoms with Crippen LogP contribution in [0.25, 0.3) is 0 Å². The van der Waals surface area contributed by atoms with E-state index >= 15 is 0 Å². The van der Waals surface area contributed by atoms with Crippen LogP contribution in [0.2, 0.25) is 0 Å². The SMILES string of the molecule is CCCCCCCCCCCCOc1ccc(NC(=O)c2cccc(C[n+]3csc(C)c3)c2)cc1C(C)=O. The van der Waals surface area contributed by atoms with Crippen LogP contribution in [0.1, 0.15) is 109 Å². The lowest BCUT2D eigenvalue weighted by Gasteiger charge is -2.13. The van der Waals surface area contributed by atoms with Crippen molar-refractivity contribution in [1.29, 1.82) is 0 Å². The van der Waals surface area contributed by atoms with E-state index in [0.29, 0.717) is 35.7 Å². The van der Waals surface area contributed by atoms with Gasteiger partial charge in [0.05, 0.1) is 17.0 Å². The minimum absolute atomic E-state index is 0.0794. The van der Waals surface area contributed by atoms with Gasteiger partial charge in [-0.15, -0.1) is 0 Å². The van der Waals surface area contributed by atoms with E-state index in [1.54, 1.807) is 35.6 Å². The zero-order chi connectivity index (χ0) is 27.2. The predicted octanol–water partition coefficient (Wildman–Crippen LogP) is 8.15. The second-order valence-electron chi connectivity index (χ2n) is 10.1. The summed E-state index contributed by atoms with van der Waals surface area (Å²) in [4.78, 5) is 26.5. The van der Waals surface area contributed by atoms with Crippen LogP contribution in [0.4, 0.5) is 5.69 Å². The maximum Gasteiger partial charge on any atom is 0.255 e. The van der Waals surface area contributed by atoms with E-state index in [9.17, 15) is 9.59 Å². The van der Waals surface area contributed by atoms with Crippen molar-refractivity contribution in [3.63, 3.8) is 0 Å². The van der Waals surface area contributed by atoms with Gasteiger partial charge in [0, 0.05) is 16.8 Å². The number of aromatic nitrogens is 1. The highest BCUT2D eigenvalue weighted by Crippen LogP contribution is 2.24. The van der Waals surface area contributed by atoms with Crippen LogP contribution in [-0.2, 0) is 6.54 Å². The number of ketones is 1. The first-order valence-electron chi connectivity index (χ1n) is 14.1. The van der Waals surface area contributed by atoms with Crippen molar-refractivity contribution in [3.8, 4) is 5.75 Å². The smallest absolute Gasteiger partial charge is 0.255 e. The van der Waals surface area contributed by atoms with E-state index in [1.165, 1.54) is 63.2 Å². The molecule has 0 aliphatic rings. The van der Waals surface area contributed by atoms with Gasteiger partial charge >= 0.3 is 0 Å². The number of nitrogens with zero attached hydrogens (tertiary/aromatic N) is 1. The Kier molecular flexibility index (Phi) is 12.5. The molecule has 0 spiro atoms. The molecule has 1 N–H and O–H groups in total. The molecule has 3 rings (SSSR count). The average molecular weight is 536 g/mol. The first-order chi connectivity index (χ1) is 18.5. The number of ether oxygens (including phenoxy) is 1. The van der Waals surface area contributed by atoms with Gasteiger partial charge in [-0.1, -0.05) is 88.2 Å². The molecular weight excluding hydrogens is 492 g/mol. The fourth-order valence-corrected chi connectivity index (χ4v) is 5.17. The Morgan fingerprint density at radius 2 is 1.63 bits per heavy atom. The summed E-state index contributed by atoms with van der Waals surface area (Å²) in [5, 5.41) is 2.94. The number of benzene rings is 2. The number of Topliss-reactive ketones (excluding diaryl/α,β-unsaturated/α-hetero) is 1. The number of rotatable bonds is 17. The molecule has 204 valence electrons. The van der Waals surface area contributed by atoms with Gasteiger partial charge in [-0.2, -0.15) is 4.57 Å². The number of hydrogen-bond donors (Lipinski definition) is 1. The summed E-state index contributed by atoms with van der Waals surface area (Å²) >= 11 is 1.70. The Morgan fingerprint density at radius 3 is 2.29 bits per heavy atom. The fourth-order valence-electron chi connectivity index (χ4n) is 4.53. The number of nitrogens with one attached hydrogen (secondary N) is 1. The lowest BCUT2D eigenvalue weighted by Crippen LogP contribution is -2.30. The highest BCUT2D eigenvalue weighted by atomic mass is 32.1. The molecule has 0 aliphatic carbocycles. The quantitative estimate of drug-likeness (QED) is 0.108. The van der Waals surface area contributed by atoms with Gasteiger partial charge in [0.2, 0.25) is 5.51 Å². The Labute approximate surface area is 232 Å². The lowest BCUT2D eigenvalue weighted by atomic mass is 10.1. The highest BCUT2D eigenvalue weighted by molar-refractivity contribution is 7.09. The molecule has 38 heavy (non-hydrogen) atoms. The Bertz CT molecular complexity index is 1170. The van der Waals surface area contributed by atoms with Crippen LogP contribution >= 0.6 is 11.3 Å². The molecule has 3 aromatic rings. The molecule has 1 aromatic heterocycles. The second kappa shape index (κ2) is 16.1. The Balaban J connectivity index is 1.47. The van der Waals surface area contributed by atoms with Crippen LogP contribution in [0.5, 0.6) is 5.75 Å². The molecular formula is C32H43N2O3S+. The molecule has 0 atom stereocenters. The van der Waals surface area contributed by atoms with Crippen molar-refractivity contribution in [3.05, 3.63) is 75.7 Å². The van der Waals surface area contributed by atoms with Gasteiger partial charge in [0.1, 0.15) is 5.75 Å². The Hall–Kier alpha value is -2.99. The second-order valence-corrected chi connectivity index (χ2v) is 11.2. The van der Waals surface area contributed by atoms with Crippen molar-refractivity contribution < 1.29 is 18.9 Å². The summed E-state index contributed by atoms with van der Waals surface area (Å²) in [7, 11) is 0. The van der Waals surface area contributed by atoms with Gasteiger partial charge in [-0.3, -0.25) is 9.59 Å². The summed E-state index contributed by atoms with van der Waals surface area (Å²) < 4.78 is 8.07. The summed E-state index contributed by atoms with van der Waals surface area (Å²) in [6.45, 7) is 7.17. The standard InChI is InChI=1S/C32H42N2O3S/c1-4-5-6-7-8-9-10-11-12-13-19-37-31-18-17-29(21-30(31)26(3)35)33-32(36)28-16-14-15-27(20-28)23-34-22-25(2)38-24-34/h14-18,20-22,24H,4-13,19,23H2,1-3H3/p+1. The average Bonchev–Trinajstić information content (AvgIpc) is 3.32. The number of aryl methyl sites for hydroxylation is 1. The topological polar surface area (TPSA) is 59.3 Å². The van der Waals surface area contributed by atoms with E-state index < -0.39 is 0 Å². The molecule has 0 bridgehead atoms. The van der Waals surface area contributed by atoms with E-state index in [-0.39, 0.29) is 11.7 Å². The molecule has 0 radical (unpaired) electrons. The minimum Gasteiger partial charge on any atom is -0.493 e. The fraction of sp³-hybridized carbons (Fsp3) is 0.469. The molecule has 1 heterocycles. The summed E-state index contributed by atoms with van der Waals surface area (Å²) in [5.41, 5.74) is 4.79. The third kappa shape index (κ3) is 10.1. The third-order valence-corrected chi connectivity index (χ3v) is 7.50. The van der Waals surface area contributed by atoms with Gasteiger partial charge in [-0.25, -0.2) is 0 Å². The number of amides is 1. The summed E-state index contributed by atoms with van der Waals surface area (Å²) in [6, 6.07) is 12.9. The zero-order valence-electron chi connectivity index (χ0n) is 23.3. The number of anilines is 1. The van der Waals surface area contributed by atoms with E-state index in [0.717, 1.165) is 18.4 Å². The van der Waals surface area contributed by atoms with Crippen molar-refractivity contribution in [2.75, 3.05) is 11.9 Å². The monoisotopic (exact) mass is 535 g/mol. The van der Waals surface area contributed by atoms with E-state index in [2.05, 4.69) is 35.4 Å². The number of carbonyl (C=O) groups is 2. The molecule has 0 saturated heterocycles. The third-order valence-electron chi connectivity index (χ3n) is 6.65. The maximum absolute atomic E-state index is 12.9. The molecule has 2 aromatic carbocycles. The lowest BCUT2D eigenvalue weighted by molar-refractivity contribution is -0.683. The molecule has 1 amide bonds. The number of hydrogen-bond acceptors (Lipinski definition) is 4. The Morgan fingerprint density at radius 1 is 0.921 bits per heavy atom. The first kappa shape index (κ1) is 29.6. The van der Waals surface area contributed by atoms with Crippen LogP contribution in [0.3, 0.4) is 0 Å². The first-order valence-corrected chi connectivity index (χ1v) is 15.0. The van der Waals surface area contributed by atoms with E-state index in [1.807, 2.05) is 18.2 Å². The molecule has 0 fully saturated rings. The van der Waals surface area contributed by atoms with Gasteiger partial charge in [0.15, 0.2) is 18.5 Å². The normalized spacial score (nSPS) is 10.9. The number of thiazole rings is 1. The van der Waals surface area contributed by atoms with Gasteiger partial charge in [-0.05, 0) is 50.6 Å². The predicted molar refractivity (Wildman–Crippen MR) is 157 cm³/mol. The largest absolute Gasteiger partial charge is 0.493 e. The number of unbranched alkanes of at least 4 members (excludes halogenated alkanes) is 9. The summed E-state index contributed by atoms with van der Waals surface area (Å²) in [6.07, 6.45) is 14.8. The maximum atomic E-state index is 12.9. The summed E-state index contributed by atoms with van der Waals surface area (Å²) in [5.74, 6) is 0.299. The highest BCUT2D eigenvalue weighted by Gasteiger charge is 2.14. The molecule has 5 nitrogen and oxygen atoms in total. The van der Waals surface area contributed by atoms with Crippen molar-refractivity contribution >= 4 is 28.7 Å². The van der Waals surface area contributed by atoms with Crippen LogP contribution in [0, 0.1) is 6.92 Å². The molecule has 0 unspecified atom stereocenters. The van der Waals surface area contributed by atoms with Crippen LogP contribution in [-0.4, -0.2) is 18.3 Å². The zero-order valence-corrected chi connectivity index (χ0v) is 24.1. The van der Waals surface area contributed by atoms with Crippen molar-refractivity contribution in [2.45, 2.75) is 91.5 Å². The minimum atomic E-state index is -0.202. The number of carbonyl (C=O) groups excluding carboxylic acids is 2. The van der Waals surface area contributed by atoms with Crippen molar-refractivity contribution in [1.82, 2.24) is 0 Å². The van der Waals surface area contributed by atoms with E-state index in [4.69, 9.17) is 4.74 Å².